The number of phenols is 2. The van der Waals surface area contributed by atoms with Crippen molar-refractivity contribution in [2.75, 3.05) is 5.32 Å². The first kappa shape index (κ1) is 20.9. The first-order chi connectivity index (χ1) is 16.9. The van der Waals surface area contributed by atoms with Crippen molar-refractivity contribution in [1.29, 1.82) is 0 Å². The van der Waals surface area contributed by atoms with E-state index in [1.54, 1.807) is 13.1 Å². The van der Waals surface area contributed by atoms with Gasteiger partial charge in [-0.1, -0.05) is 42.5 Å². The molecule has 3 aromatic carbocycles. The lowest BCUT2D eigenvalue weighted by molar-refractivity contribution is 0.444. The molecule has 174 valence electrons. The van der Waals surface area contributed by atoms with E-state index < -0.39 is 17.3 Å². The monoisotopic (exact) mass is 466 g/mol. The molecule has 0 fully saturated rings. The molecule has 0 amide bonds. The molecule has 0 bridgehead atoms. The molecule has 8 nitrogen and oxygen atoms in total. The standard InChI is InChI=1S/C27H22N4O4/c1-29-24-21(26(34)30(2)27(29)35)23(15-8-4-3-5-9-15)31-19-11-7-6-10-18(19)28-22(25(24)31)17-13-12-16(32)14-20(17)33/h3-14,22,28,32-33H,1-2H3. The Morgan fingerprint density at radius 1 is 0.857 bits per heavy atom. The highest BCUT2D eigenvalue weighted by Crippen LogP contribution is 2.47. The van der Waals surface area contributed by atoms with Gasteiger partial charge in [0.25, 0.3) is 5.56 Å². The predicted octanol–water partition coefficient (Wildman–Crippen LogP) is 3.62. The Morgan fingerprint density at radius 2 is 1.57 bits per heavy atom. The van der Waals surface area contributed by atoms with Gasteiger partial charge in [-0.25, -0.2) is 4.79 Å². The van der Waals surface area contributed by atoms with E-state index in [2.05, 4.69) is 5.32 Å². The highest BCUT2D eigenvalue weighted by atomic mass is 16.3. The van der Waals surface area contributed by atoms with Crippen LogP contribution in [0.3, 0.4) is 0 Å². The third kappa shape index (κ3) is 2.86. The fourth-order valence-corrected chi connectivity index (χ4v) is 5.10. The van der Waals surface area contributed by atoms with Gasteiger partial charge >= 0.3 is 5.69 Å². The lowest BCUT2D eigenvalue weighted by Gasteiger charge is -2.31. The predicted molar refractivity (Wildman–Crippen MR) is 134 cm³/mol. The van der Waals surface area contributed by atoms with Crippen LogP contribution in [0.25, 0.3) is 27.8 Å². The number of hydrogen-bond donors (Lipinski definition) is 3. The molecular formula is C27H22N4O4. The Morgan fingerprint density at radius 3 is 2.31 bits per heavy atom. The number of hydrogen-bond acceptors (Lipinski definition) is 5. The number of phenolic OH excluding ortho intramolecular Hbond substituents is 2. The molecule has 35 heavy (non-hydrogen) atoms. The second-order valence-corrected chi connectivity index (χ2v) is 8.70. The van der Waals surface area contributed by atoms with Crippen LogP contribution < -0.4 is 16.6 Å². The zero-order valence-corrected chi connectivity index (χ0v) is 19.1. The Hall–Kier alpha value is -4.72. The average molecular weight is 466 g/mol. The van der Waals surface area contributed by atoms with E-state index in [0.29, 0.717) is 27.9 Å². The summed E-state index contributed by atoms with van der Waals surface area (Å²) in [5, 5.41) is 24.6. The second kappa shape index (κ2) is 7.39. The van der Waals surface area contributed by atoms with E-state index in [-0.39, 0.29) is 11.5 Å². The van der Waals surface area contributed by atoms with Gasteiger partial charge in [0.05, 0.1) is 39.7 Å². The van der Waals surface area contributed by atoms with Crippen LogP contribution in [0.2, 0.25) is 0 Å². The van der Waals surface area contributed by atoms with Crippen LogP contribution in [-0.4, -0.2) is 23.9 Å². The summed E-state index contributed by atoms with van der Waals surface area (Å²) in [6.07, 6.45) is 0. The van der Waals surface area contributed by atoms with Gasteiger partial charge in [-0.05, 0) is 29.8 Å². The minimum absolute atomic E-state index is 0.0612. The van der Waals surface area contributed by atoms with Crippen molar-refractivity contribution in [2.45, 2.75) is 6.04 Å². The topological polar surface area (TPSA) is 101 Å². The number of nitrogens with one attached hydrogen (secondary N) is 1. The van der Waals surface area contributed by atoms with Crippen LogP contribution >= 0.6 is 0 Å². The zero-order chi connectivity index (χ0) is 24.4. The van der Waals surface area contributed by atoms with E-state index in [4.69, 9.17) is 0 Å². The van der Waals surface area contributed by atoms with Gasteiger partial charge < -0.3 is 20.1 Å². The highest BCUT2D eigenvalue weighted by Gasteiger charge is 2.35. The maximum absolute atomic E-state index is 13.6. The molecule has 0 saturated heterocycles. The Bertz CT molecular complexity index is 1760. The number of aromatic nitrogens is 3. The van der Waals surface area contributed by atoms with Crippen molar-refractivity contribution >= 4 is 16.6 Å². The molecule has 1 atom stereocenters. The Balaban J connectivity index is 1.87. The minimum atomic E-state index is -0.608. The molecule has 5 aromatic rings. The summed E-state index contributed by atoms with van der Waals surface area (Å²) in [6.45, 7) is 0. The molecule has 0 saturated carbocycles. The number of aromatic hydroxyl groups is 2. The summed E-state index contributed by atoms with van der Waals surface area (Å²) < 4.78 is 4.60. The number of benzene rings is 3. The third-order valence-corrected chi connectivity index (χ3v) is 6.70. The number of nitrogens with zero attached hydrogens (tertiary/aromatic N) is 3. The zero-order valence-electron chi connectivity index (χ0n) is 19.1. The molecule has 1 unspecified atom stereocenters. The fraction of sp³-hybridized carbons (Fsp3) is 0.111. The molecule has 2 aromatic heterocycles. The summed E-state index contributed by atoms with van der Waals surface area (Å²) >= 11 is 0. The van der Waals surface area contributed by atoms with E-state index in [0.717, 1.165) is 21.5 Å². The molecule has 0 aliphatic carbocycles. The van der Waals surface area contributed by atoms with Crippen LogP contribution in [0.15, 0.2) is 82.4 Å². The summed E-state index contributed by atoms with van der Waals surface area (Å²) in [6, 6.07) is 21.1. The first-order valence-electron chi connectivity index (χ1n) is 11.2. The van der Waals surface area contributed by atoms with Gasteiger partial charge in [0.2, 0.25) is 0 Å². The first-order valence-corrected chi connectivity index (χ1v) is 11.2. The summed E-state index contributed by atoms with van der Waals surface area (Å²) in [7, 11) is 3.12. The molecule has 3 N–H and O–H groups in total. The molecule has 0 spiro atoms. The van der Waals surface area contributed by atoms with Gasteiger partial charge in [0.1, 0.15) is 11.5 Å². The summed E-state index contributed by atoms with van der Waals surface area (Å²) in [4.78, 5) is 26.7. The van der Waals surface area contributed by atoms with Gasteiger partial charge in [0, 0.05) is 25.7 Å². The quantitative estimate of drug-likeness (QED) is 0.369. The smallest absolute Gasteiger partial charge is 0.331 e. The lowest BCUT2D eigenvalue weighted by atomic mass is 9.98. The normalized spacial score (nSPS) is 14.4. The number of fused-ring (bicyclic) bond motifs is 5. The van der Waals surface area contributed by atoms with Gasteiger partial charge in [0.15, 0.2) is 0 Å². The maximum atomic E-state index is 13.6. The van der Waals surface area contributed by atoms with Crippen molar-refractivity contribution in [3.05, 3.63) is 105 Å². The molecular weight excluding hydrogens is 444 g/mol. The van der Waals surface area contributed by atoms with E-state index in [1.807, 2.05) is 59.2 Å². The van der Waals surface area contributed by atoms with Crippen LogP contribution in [0.5, 0.6) is 11.5 Å². The molecule has 1 aliphatic rings. The Kier molecular flexibility index (Phi) is 4.41. The molecule has 0 radical (unpaired) electrons. The van der Waals surface area contributed by atoms with Crippen LogP contribution in [0, 0.1) is 0 Å². The van der Waals surface area contributed by atoms with E-state index in [1.165, 1.54) is 23.7 Å². The number of para-hydroxylation sites is 2. The van der Waals surface area contributed by atoms with Gasteiger partial charge in [-0.15, -0.1) is 0 Å². The SMILES string of the molecule is Cn1c(=O)c2c(-c3ccccc3)n3c(c2n(C)c1=O)C(c1ccc(O)cc1O)Nc1ccccc1-3. The Labute approximate surface area is 199 Å². The lowest BCUT2D eigenvalue weighted by Crippen LogP contribution is -2.37. The molecule has 3 heterocycles. The summed E-state index contributed by atoms with van der Waals surface area (Å²) in [5.74, 6) is -0.160. The van der Waals surface area contributed by atoms with Crippen LogP contribution in [0.1, 0.15) is 17.3 Å². The largest absolute Gasteiger partial charge is 0.508 e. The maximum Gasteiger partial charge on any atom is 0.331 e. The minimum Gasteiger partial charge on any atom is -0.508 e. The third-order valence-electron chi connectivity index (χ3n) is 6.70. The van der Waals surface area contributed by atoms with Crippen LogP contribution in [-0.2, 0) is 14.1 Å². The number of aryl methyl sites for hydroxylation is 1. The van der Waals surface area contributed by atoms with Crippen molar-refractivity contribution in [3.63, 3.8) is 0 Å². The van der Waals surface area contributed by atoms with Crippen molar-refractivity contribution in [1.82, 2.24) is 13.7 Å². The second-order valence-electron chi connectivity index (χ2n) is 8.70. The molecule has 1 aliphatic heterocycles. The van der Waals surface area contributed by atoms with Gasteiger partial charge in [-0.2, -0.15) is 0 Å². The number of anilines is 1. The fourth-order valence-electron chi connectivity index (χ4n) is 5.10. The molecule has 6 rings (SSSR count). The molecule has 8 heteroatoms. The van der Waals surface area contributed by atoms with Crippen molar-refractivity contribution in [2.24, 2.45) is 14.1 Å². The van der Waals surface area contributed by atoms with E-state index in [9.17, 15) is 19.8 Å². The summed E-state index contributed by atoms with van der Waals surface area (Å²) in [5.41, 5.74) is 3.92. The average Bonchev–Trinajstić information content (AvgIpc) is 3.23. The van der Waals surface area contributed by atoms with Crippen molar-refractivity contribution < 1.29 is 10.2 Å². The van der Waals surface area contributed by atoms with E-state index >= 15 is 0 Å². The highest BCUT2D eigenvalue weighted by molar-refractivity contribution is 5.99. The van der Waals surface area contributed by atoms with Crippen LogP contribution in [0.4, 0.5) is 5.69 Å². The van der Waals surface area contributed by atoms with Gasteiger partial charge in [-0.3, -0.25) is 13.9 Å². The van der Waals surface area contributed by atoms with Crippen molar-refractivity contribution in [3.8, 4) is 28.4 Å². The number of rotatable bonds is 2.